The number of amides is 1. The van der Waals surface area contributed by atoms with Gasteiger partial charge in [0.2, 0.25) is 0 Å². The quantitative estimate of drug-likeness (QED) is 0.397. The van der Waals surface area contributed by atoms with Crippen LogP contribution >= 0.6 is 22.9 Å². The highest BCUT2D eigenvalue weighted by Crippen LogP contribution is 2.34. The lowest BCUT2D eigenvalue weighted by atomic mass is 10.1. The van der Waals surface area contributed by atoms with Gasteiger partial charge in [-0.3, -0.25) is 9.69 Å². The Balaban J connectivity index is 1.82. The molecular formula is C22H17ClN2OS. The van der Waals surface area contributed by atoms with Crippen molar-refractivity contribution in [2.24, 2.45) is 0 Å². The molecule has 3 nitrogen and oxygen atoms in total. The molecule has 0 saturated heterocycles. The zero-order valence-electron chi connectivity index (χ0n) is 14.7. The molecule has 0 unspecified atom stereocenters. The summed E-state index contributed by atoms with van der Waals surface area (Å²) in [5.41, 5.74) is 3.47. The number of hydrogen-bond acceptors (Lipinski definition) is 3. The Bertz CT molecular complexity index is 1050. The van der Waals surface area contributed by atoms with Gasteiger partial charge in [-0.05, 0) is 60.5 Å². The lowest BCUT2D eigenvalue weighted by Crippen LogP contribution is -2.25. The molecule has 1 amide bonds. The highest BCUT2D eigenvalue weighted by atomic mass is 35.5. The van der Waals surface area contributed by atoms with Crippen molar-refractivity contribution in [3.05, 3.63) is 88.9 Å². The number of carbonyl (C=O) groups excluding carboxylic acids is 1. The van der Waals surface area contributed by atoms with E-state index in [4.69, 9.17) is 16.6 Å². The molecule has 0 saturated carbocycles. The molecule has 3 aromatic carbocycles. The molecule has 4 aromatic rings. The van der Waals surface area contributed by atoms with E-state index in [1.165, 1.54) is 16.9 Å². The third kappa shape index (κ3) is 3.59. The van der Waals surface area contributed by atoms with Gasteiger partial charge in [-0.1, -0.05) is 54.1 Å². The first kappa shape index (κ1) is 17.7. The van der Waals surface area contributed by atoms with E-state index < -0.39 is 0 Å². The molecule has 1 aromatic heterocycles. The lowest BCUT2D eigenvalue weighted by molar-refractivity contribution is 0.0999. The van der Waals surface area contributed by atoms with Crippen molar-refractivity contribution in [2.75, 3.05) is 4.90 Å². The van der Waals surface area contributed by atoms with Crippen molar-refractivity contribution in [1.29, 1.82) is 0 Å². The topological polar surface area (TPSA) is 33.2 Å². The highest BCUT2D eigenvalue weighted by Gasteiger charge is 2.23. The monoisotopic (exact) mass is 392 g/mol. The van der Waals surface area contributed by atoms with Gasteiger partial charge in [0.05, 0.1) is 15.9 Å². The largest absolute Gasteiger partial charge is 0.268 e. The third-order valence-electron chi connectivity index (χ3n) is 4.37. The van der Waals surface area contributed by atoms with E-state index in [-0.39, 0.29) is 5.91 Å². The summed E-state index contributed by atoms with van der Waals surface area (Å²) in [4.78, 5) is 19.7. The summed E-state index contributed by atoms with van der Waals surface area (Å²) in [6.45, 7) is 2.11. The van der Waals surface area contributed by atoms with Crippen molar-refractivity contribution in [3.8, 4) is 0 Å². The maximum absolute atomic E-state index is 13.3. The van der Waals surface area contributed by atoms with Gasteiger partial charge in [-0.25, -0.2) is 4.98 Å². The molecule has 0 aliphatic rings. The minimum Gasteiger partial charge on any atom is -0.268 e. The molecule has 0 spiro atoms. The van der Waals surface area contributed by atoms with Gasteiger partial charge in [-0.15, -0.1) is 0 Å². The molecular weight excluding hydrogens is 376 g/mol. The van der Waals surface area contributed by atoms with Crippen LogP contribution in [0.4, 0.5) is 10.8 Å². The van der Waals surface area contributed by atoms with Crippen LogP contribution in [0.1, 0.15) is 22.8 Å². The van der Waals surface area contributed by atoms with Crippen molar-refractivity contribution in [3.63, 3.8) is 0 Å². The van der Waals surface area contributed by atoms with Gasteiger partial charge in [-0.2, -0.15) is 0 Å². The van der Waals surface area contributed by atoms with Crippen molar-refractivity contribution in [1.82, 2.24) is 4.98 Å². The van der Waals surface area contributed by atoms with Crippen LogP contribution in [-0.4, -0.2) is 10.9 Å². The molecule has 0 bridgehead atoms. The molecule has 0 atom stereocenters. The van der Waals surface area contributed by atoms with Crippen LogP contribution in [0.2, 0.25) is 5.02 Å². The fourth-order valence-corrected chi connectivity index (χ4v) is 3.98. The normalized spacial score (nSPS) is 10.9. The number of aromatic nitrogens is 1. The molecule has 0 aliphatic carbocycles. The first-order valence-electron chi connectivity index (χ1n) is 8.70. The molecule has 1 heterocycles. The fraction of sp³-hybridized carbons (Fsp3) is 0.0909. The predicted molar refractivity (Wildman–Crippen MR) is 113 cm³/mol. The van der Waals surface area contributed by atoms with Crippen LogP contribution in [0.5, 0.6) is 0 Å². The Morgan fingerprint density at radius 2 is 1.70 bits per heavy atom. The summed E-state index contributed by atoms with van der Waals surface area (Å²) in [7, 11) is 0. The number of anilines is 2. The number of para-hydroxylation sites is 1. The van der Waals surface area contributed by atoms with Crippen LogP contribution in [0.25, 0.3) is 10.2 Å². The number of nitrogens with zero attached hydrogens (tertiary/aromatic N) is 2. The average molecular weight is 393 g/mol. The summed E-state index contributed by atoms with van der Waals surface area (Å²) >= 11 is 7.49. The first-order chi connectivity index (χ1) is 13.2. The standard InChI is InChI=1S/C22H17ClN2OS/c1-2-15-7-13-18(14-8-15)25(21(26)16-9-11-17(23)12-10-16)22-24-19-5-3-4-6-20(19)27-22/h3-14H,2H2,1H3. The summed E-state index contributed by atoms with van der Waals surface area (Å²) in [5.74, 6) is -0.130. The van der Waals surface area contributed by atoms with E-state index in [0.717, 1.165) is 22.3 Å². The Morgan fingerprint density at radius 1 is 1.00 bits per heavy atom. The van der Waals surface area contributed by atoms with E-state index in [9.17, 15) is 4.79 Å². The minimum atomic E-state index is -0.130. The summed E-state index contributed by atoms with van der Waals surface area (Å²) in [6.07, 6.45) is 0.951. The maximum atomic E-state index is 13.3. The first-order valence-corrected chi connectivity index (χ1v) is 9.89. The van der Waals surface area contributed by atoms with E-state index in [1.54, 1.807) is 29.2 Å². The Hall–Kier alpha value is -2.69. The number of fused-ring (bicyclic) bond motifs is 1. The number of benzene rings is 3. The molecule has 0 N–H and O–H groups in total. The van der Waals surface area contributed by atoms with Crippen LogP contribution in [0.3, 0.4) is 0 Å². The van der Waals surface area contributed by atoms with Crippen molar-refractivity contribution in [2.45, 2.75) is 13.3 Å². The van der Waals surface area contributed by atoms with Gasteiger partial charge in [0, 0.05) is 10.6 Å². The second-order valence-electron chi connectivity index (χ2n) is 6.13. The van der Waals surface area contributed by atoms with Gasteiger partial charge in [0.1, 0.15) is 0 Å². The van der Waals surface area contributed by atoms with Gasteiger partial charge in [0.25, 0.3) is 5.91 Å². The second kappa shape index (κ2) is 7.51. The molecule has 0 fully saturated rings. The average Bonchev–Trinajstić information content (AvgIpc) is 3.12. The van der Waals surface area contributed by atoms with Gasteiger partial charge >= 0.3 is 0 Å². The smallest absolute Gasteiger partial charge is 0.264 e. The van der Waals surface area contributed by atoms with Gasteiger partial charge in [0.15, 0.2) is 5.13 Å². The molecule has 0 radical (unpaired) electrons. The Morgan fingerprint density at radius 3 is 2.37 bits per heavy atom. The molecule has 5 heteroatoms. The summed E-state index contributed by atoms with van der Waals surface area (Å²) in [6, 6.07) is 22.9. The highest BCUT2D eigenvalue weighted by molar-refractivity contribution is 7.22. The van der Waals surface area contributed by atoms with Crippen LogP contribution < -0.4 is 4.90 Å². The summed E-state index contributed by atoms with van der Waals surface area (Å²) < 4.78 is 1.05. The fourth-order valence-electron chi connectivity index (χ4n) is 2.87. The molecule has 27 heavy (non-hydrogen) atoms. The van der Waals surface area contributed by atoms with E-state index >= 15 is 0 Å². The number of hydrogen-bond donors (Lipinski definition) is 0. The van der Waals surface area contributed by atoms with Crippen LogP contribution in [-0.2, 0) is 6.42 Å². The number of thiazole rings is 1. The Labute approximate surface area is 166 Å². The number of carbonyl (C=O) groups is 1. The lowest BCUT2D eigenvalue weighted by Gasteiger charge is -2.20. The number of halogens is 1. The maximum Gasteiger partial charge on any atom is 0.264 e. The van der Waals surface area contributed by atoms with E-state index in [0.29, 0.717) is 15.7 Å². The molecule has 134 valence electrons. The van der Waals surface area contributed by atoms with Crippen LogP contribution in [0.15, 0.2) is 72.8 Å². The van der Waals surface area contributed by atoms with Gasteiger partial charge < -0.3 is 0 Å². The minimum absolute atomic E-state index is 0.130. The molecule has 0 aliphatic heterocycles. The summed E-state index contributed by atoms with van der Waals surface area (Å²) in [5, 5.41) is 1.26. The van der Waals surface area contributed by atoms with Crippen molar-refractivity contribution < 1.29 is 4.79 Å². The van der Waals surface area contributed by atoms with Crippen LogP contribution in [0, 0.1) is 0 Å². The Kier molecular flexibility index (Phi) is 4.92. The third-order valence-corrected chi connectivity index (χ3v) is 5.64. The predicted octanol–water partition coefficient (Wildman–Crippen LogP) is 6.49. The molecule has 4 rings (SSSR count). The second-order valence-corrected chi connectivity index (χ2v) is 7.58. The van der Waals surface area contributed by atoms with Crippen molar-refractivity contribution >= 4 is 49.9 Å². The zero-order chi connectivity index (χ0) is 18.8. The number of rotatable bonds is 4. The number of aryl methyl sites for hydroxylation is 1. The van der Waals surface area contributed by atoms with E-state index in [1.807, 2.05) is 48.5 Å². The SMILES string of the molecule is CCc1ccc(N(C(=O)c2ccc(Cl)cc2)c2nc3ccccc3s2)cc1. The van der Waals surface area contributed by atoms with E-state index in [2.05, 4.69) is 6.92 Å². The zero-order valence-corrected chi connectivity index (χ0v) is 16.3.